The molecule has 0 unspecified atom stereocenters. The van der Waals surface area contributed by atoms with Crippen molar-refractivity contribution in [3.63, 3.8) is 0 Å². The van der Waals surface area contributed by atoms with Crippen molar-refractivity contribution in [3.05, 3.63) is 58.1 Å². The topological polar surface area (TPSA) is 79.8 Å². The number of carbonyl (C=O) groups is 2. The number of carbonyl (C=O) groups excluding carboxylic acids is 2. The highest BCUT2D eigenvalue weighted by Gasteiger charge is 2.10. The first-order valence-electron chi connectivity index (χ1n) is 7.78. The molecule has 6 nitrogen and oxygen atoms in total. The van der Waals surface area contributed by atoms with Crippen LogP contribution in [0, 0.1) is 0 Å². The minimum Gasteiger partial charge on any atom is -0.493 e. The van der Waals surface area contributed by atoms with Crippen LogP contribution in [0.4, 0.5) is 5.69 Å². The van der Waals surface area contributed by atoms with Gasteiger partial charge in [-0.15, -0.1) is 0 Å². The Morgan fingerprint density at radius 3 is 2.62 bits per heavy atom. The molecule has 0 bridgehead atoms. The highest BCUT2D eigenvalue weighted by atomic mass is 35.5. The van der Waals surface area contributed by atoms with Crippen LogP contribution in [-0.4, -0.2) is 24.6 Å². The van der Waals surface area contributed by atoms with E-state index in [9.17, 15) is 9.59 Å². The Kier molecular flexibility index (Phi) is 7.44. The minimum atomic E-state index is -0.548. The van der Waals surface area contributed by atoms with Crippen LogP contribution in [0.15, 0.2) is 47.6 Å². The van der Waals surface area contributed by atoms with Crippen LogP contribution in [0.2, 0.25) is 10.0 Å². The van der Waals surface area contributed by atoms with Crippen molar-refractivity contribution < 1.29 is 14.3 Å². The van der Waals surface area contributed by atoms with Gasteiger partial charge in [0.2, 0.25) is 11.8 Å². The van der Waals surface area contributed by atoms with Crippen LogP contribution in [0.3, 0.4) is 0 Å². The van der Waals surface area contributed by atoms with Crippen LogP contribution in [0.1, 0.15) is 18.9 Å². The average molecular weight is 394 g/mol. The predicted molar refractivity (Wildman–Crippen MR) is 103 cm³/mol. The standard InChI is InChI=1S/C18H17Cl2N3O3/c1-2-26-16-6-4-3-5-12(16)11-21-23-18(25)10-17(24)22-13-7-8-14(19)15(20)9-13/h3-9,11H,2,10H2,1H3,(H,22,24)(H,23,25). The lowest BCUT2D eigenvalue weighted by molar-refractivity contribution is -0.126. The monoisotopic (exact) mass is 393 g/mol. The lowest BCUT2D eigenvalue weighted by Gasteiger charge is -2.06. The van der Waals surface area contributed by atoms with Gasteiger partial charge in [0.05, 0.1) is 22.9 Å². The summed E-state index contributed by atoms with van der Waals surface area (Å²) in [5, 5.41) is 7.10. The highest BCUT2D eigenvalue weighted by molar-refractivity contribution is 6.42. The molecule has 0 spiro atoms. The maximum atomic E-state index is 11.9. The molecular formula is C18H17Cl2N3O3. The van der Waals surface area contributed by atoms with Crippen LogP contribution in [0.25, 0.3) is 0 Å². The first-order chi connectivity index (χ1) is 12.5. The SMILES string of the molecule is CCOc1ccccc1C=NNC(=O)CC(=O)Nc1ccc(Cl)c(Cl)c1. The molecule has 0 radical (unpaired) electrons. The van der Waals surface area contributed by atoms with E-state index in [1.54, 1.807) is 24.3 Å². The molecule has 0 fully saturated rings. The molecule has 0 aromatic heterocycles. The van der Waals surface area contributed by atoms with Crippen molar-refractivity contribution in [2.45, 2.75) is 13.3 Å². The van der Waals surface area contributed by atoms with E-state index in [-0.39, 0.29) is 6.42 Å². The fourth-order valence-electron chi connectivity index (χ4n) is 2.01. The number of hydrazone groups is 1. The Bertz CT molecular complexity index is 825. The Morgan fingerprint density at radius 1 is 1.12 bits per heavy atom. The number of anilines is 1. The summed E-state index contributed by atoms with van der Waals surface area (Å²) in [6, 6.07) is 11.9. The lowest BCUT2D eigenvalue weighted by atomic mass is 10.2. The van der Waals surface area contributed by atoms with Crippen LogP contribution in [0.5, 0.6) is 5.75 Å². The molecule has 8 heteroatoms. The molecule has 0 aliphatic rings. The van der Waals surface area contributed by atoms with Crippen molar-refractivity contribution >= 4 is 46.9 Å². The summed E-state index contributed by atoms with van der Waals surface area (Å²) < 4.78 is 5.46. The molecule has 0 aliphatic carbocycles. The van der Waals surface area contributed by atoms with E-state index in [0.29, 0.717) is 28.1 Å². The van der Waals surface area contributed by atoms with Gasteiger partial charge in [-0.3, -0.25) is 9.59 Å². The van der Waals surface area contributed by atoms with Crippen molar-refractivity contribution in [2.24, 2.45) is 5.10 Å². The van der Waals surface area contributed by atoms with Gasteiger partial charge in [-0.25, -0.2) is 5.43 Å². The third-order valence-corrected chi connectivity index (χ3v) is 3.88. The zero-order chi connectivity index (χ0) is 18.9. The number of hydrogen-bond donors (Lipinski definition) is 2. The second kappa shape index (κ2) is 9.79. The number of para-hydroxylation sites is 1. The van der Waals surface area contributed by atoms with Gasteiger partial charge in [-0.05, 0) is 37.3 Å². The maximum absolute atomic E-state index is 11.9. The zero-order valence-electron chi connectivity index (χ0n) is 14.0. The van der Waals surface area contributed by atoms with Gasteiger partial charge in [-0.2, -0.15) is 5.10 Å². The molecule has 0 atom stereocenters. The Hall–Kier alpha value is -2.57. The third kappa shape index (κ3) is 6.06. The van der Waals surface area contributed by atoms with Gasteiger partial charge in [0, 0.05) is 11.3 Å². The second-order valence-electron chi connectivity index (χ2n) is 5.12. The van der Waals surface area contributed by atoms with E-state index >= 15 is 0 Å². The Labute approximate surface area is 161 Å². The number of nitrogens with zero attached hydrogens (tertiary/aromatic N) is 1. The second-order valence-corrected chi connectivity index (χ2v) is 5.93. The van der Waals surface area contributed by atoms with Crippen molar-refractivity contribution in [3.8, 4) is 5.75 Å². The Balaban J connectivity index is 1.86. The van der Waals surface area contributed by atoms with Crippen molar-refractivity contribution in [1.29, 1.82) is 0 Å². The molecule has 0 heterocycles. The highest BCUT2D eigenvalue weighted by Crippen LogP contribution is 2.25. The fourth-order valence-corrected chi connectivity index (χ4v) is 2.31. The number of amides is 2. The minimum absolute atomic E-state index is 0.312. The quantitative estimate of drug-likeness (QED) is 0.425. The van der Waals surface area contributed by atoms with Crippen molar-refractivity contribution in [2.75, 3.05) is 11.9 Å². The van der Waals surface area contributed by atoms with Crippen LogP contribution in [-0.2, 0) is 9.59 Å². The number of nitrogens with one attached hydrogen (secondary N) is 2. The van der Waals surface area contributed by atoms with Gasteiger partial charge < -0.3 is 10.1 Å². The van der Waals surface area contributed by atoms with E-state index in [0.717, 1.165) is 5.56 Å². The molecule has 26 heavy (non-hydrogen) atoms. The number of benzene rings is 2. The summed E-state index contributed by atoms with van der Waals surface area (Å²) in [7, 11) is 0. The first-order valence-corrected chi connectivity index (χ1v) is 8.54. The largest absolute Gasteiger partial charge is 0.493 e. The summed E-state index contributed by atoms with van der Waals surface area (Å²) in [6.45, 7) is 2.40. The molecule has 0 saturated carbocycles. The normalized spacial score (nSPS) is 10.6. The van der Waals surface area contributed by atoms with Gasteiger partial charge in [0.15, 0.2) is 0 Å². The number of hydrogen-bond acceptors (Lipinski definition) is 4. The molecule has 2 aromatic rings. The molecule has 2 aromatic carbocycles. The van der Waals surface area contributed by atoms with E-state index < -0.39 is 11.8 Å². The lowest BCUT2D eigenvalue weighted by Crippen LogP contribution is -2.24. The molecule has 2 rings (SSSR count). The molecular weight excluding hydrogens is 377 g/mol. The van der Waals surface area contributed by atoms with E-state index in [4.69, 9.17) is 27.9 Å². The summed E-state index contributed by atoms with van der Waals surface area (Å²) >= 11 is 11.7. The number of rotatable bonds is 7. The van der Waals surface area contributed by atoms with Gasteiger partial charge in [0.1, 0.15) is 12.2 Å². The van der Waals surface area contributed by atoms with Crippen LogP contribution < -0.4 is 15.5 Å². The zero-order valence-corrected chi connectivity index (χ0v) is 15.5. The van der Waals surface area contributed by atoms with Gasteiger partial charge >= 0.3 is 0 Å². The summed E-state index contributed by atoms with van der Waals surface area (Å²) in [5.74, 6) is -0.385. The first kappa shape index (κ1) is 19.8. The third-order valence-electron chi connectivity index (χ3n) is 3.14. The number of halogens is 2. The van der Waals surface area contributed by atoms with Gasteiger partial charge in [0.25, 0.3) is 0 Å². The molecule has 136 valence electrons. The van der Waals surface area contributed by atoms with Crippen molar-refractivity contribution in [1.82, 2.24) is 5.43 Å². The van der Waals surface area contributed by atoms with E-state index in [1.165, 1.54) is 12.3 Å². The summed E-state index contributed by atoms with van der Waals surface area (Å²) in [4.78, 5) is 23.7. The fraction of sp³-hybridized carbons (Fsp3) is 0.167. The molecule has 2 amide bonds. The van der Waals surface area contributed by atoms with Gasteiger partial charge in [-0.1, -0.05) is 35.3 Å². The average Bonchev–Trinajstić information content (AvgIpc) is 2.60. The molecule has 0 aliphatic heterocycles. The molecule has 2 N–H and O–H groups in total. The smallest absolute Gasteiger partial charge is 0.249 e. The van der Waals surface area contributed by atoms with E-state index in [2.05, 4.69) is 15.8 Å². The summed E-state index contributed by atoms with van der Waals surface area (Å²) in [5.41, 5.74) is 3.47. The maximum Gasteiger partial charge on any atom is 0.249 e. The van der Waals surface area contributed by atoms with Crippen LogP contribution >= 0.6 is 23.2 Å². The Morgan fingerprint density at radius 2 is 1.88 bits per heavy atom. The number of ether oxygens (including phenoxy) is 1. The predicted octanol–water partition coefficient (Wildman–Crippen LogP) is 3.87. The summed E-state index contributed by atoms with van der Waals surface area (Å²) in [6.07, 6.45) is 1.07. The van der Waals surface area contributed by atoms with E-state index in [1.807, 2.05) is 19.1 Å². The molecule has 0 saturated heterocycles.